The van der Waals surface area contributed by atoms with Crippen LogP contribution in [0.2, 0.25) is 0 Å². The first-order valence-corrected chi connectivity index (χ1v) is 20.9. The van der Waals surface area contributed by atoms with E-state index in [0.717, 1.165) is 22.3 Å². The molecule has 0 heterocycles. The second-order valence-electron chi connectivity index (χ2n) is 12.9. The van der Waals surface area contributed by atoms with Gasteiger partial charge in [0.1, 0.15) is 18.4 Å². The number of ether oxygens (including phenoxy) is 7. The zero-order valence-electron chi connectivity index (χ0n) is 32.8. The molecule has 0 spiro atoms. The molecule has 2 aromatic carbocycles. The first-order chi connectivity index (χ1) is 28.2. The largest absolute Gasteiger partial charge is 0.394 e. The fraction of sp³-hybridized carbons (Fsp3) is 0.575. The van der Waals surface area contributed by atoms with Gasteiger partial charge in [0.25, 0.3) is 10.1 Å². The molecule has 0 saturated carbocycles. The summed E-state index contributed by atoms with van der Waals surface area (Å²) in [6, 6.07) is 13.6. The van der Waals surface area contributed by atoms with Crippen molar-refractivity contribution >= 4 is 27.8 Å². The molecular formula is C40H57N3O14S. The molecule has 0 aliphatic heterocycles. The van der Waals surface area contributed by atoms with Gasteiger partial charge in [-0.2, -0.15) is 8.42 Å². The fourth-order valence-electron chi connectivity index (χ4n) is 5.42. The summed E-state index contributed by atoms with van der Waals surface area (Å²) in [5.41, 5.74) is 3.36. The minimum Gasteiger partial charge on any atom is -0.394 e. The van der Waals surface area contributed by atoms with Crippen molar-refractivity contribution in [2.45, 2.75) is 37.8 Å². The lowest BCUT2D eigenvalue weighted by atomic mass is 9.92. The lowest BCUT2D eigenvalue weighted by Crippen LogP contribution is -2.51. The van der Waals surface area contributed by atoms with Crippen molar-refractivity contribution in [2.75, 3.05) is 111 Å². The van der Waals surface area contributed by atoms with Gasteiger partial charge in [-0.25, -0.2) is 0 Å². The average Bonchev–Trinajstić information content (AvgIpc) is 3.19. The van der Waals surface area contributed by atoms with Gasteiger partial charge in [0.2, 0.25) is 17.7 Å². The van der Waals surface area contributed by atoms with Gasteiger partial charge in [0.15, 0.2) is 0 Å². The summed E-state index contributed by atoms with van der Waals surface area (Å²) >= 11 is 0. The molecular weight excluding hydrogens is 779 g/mol. The van der Waals surface area contributed by atoms with Gasteiger partial charge in [0, 0.05) is 50.3 Å². The smallest absolute Gasteiger partial charge is 0.267 e. The summed E-state index contributed by atoms with van der Waals surface area (Å²) in [5, 5.41) is 16.4. The van der Waals surface area contributed by atoms with Crippen LogP contribution in [-0.4, -0.2) is 153 Å². The van der Waals surface area contributed by atoms with Crippen LogP contribution in [0.3, 0.4) is 0 Å². The van der Waals surface area contributed by atoms with Crippen LogP contribution >= 0.6 is 0 Å². The van der Waals surface area contributed by atoms with Crippen molar-refractivity contribution in [3.63, 3.8) is 0 Å². The predicted octanol–water partition coefficient (Wildman–Crippen LogP) is 0.567. The third-order valence-electron chi connectivity index (χ3n) is 8.26. The first-order valence-electron chi connectivity index (χ1n) is 19.3. The van der Waals surface area contributed by atoms with E-state index < -0.39 is 46.4 Å². The van der Waals surface area contributed by atoms with Crippen LogP contribution in [0.15, 0.2) is 48.5 Å². The van der Waals surface area contributed by atoms with E-state index in [4.69, 9.17) is 38.3 Å². The Hall–Kier alpha value is -4.00. The van der Waals surface area contributed by atoms with Gasteiger partial charge < -0.3 is 54.2 Å². The van der Waals surface area contributed by atoms with Crippen molar-refractivity contribution in [1.29, 1.82) is 0 Å². The topological polar surface area (TPSA) is 227 Å². The number of fused-ring (bicyclic) bond motifs is 2. The molecule has 2 unspecified atom stereocenters. The van der Waals surface area contributed by atoms with Crippen molar-refractivity contribution in [3.8, 4) is 11.8 Å². The fourth-order valence-corrected chi connectivity index (χ4v) is 6.08. The van der Waals surface area contributed by atoms with E-state index in [-0.39, 0.29) is 38.7 Å². The molecule has 3 amide bonds. The van der Waals surface area contributed by atoms with Crippen LogP contribution in [0.1, 0.15) is 47.6 Å². The molecule has 2 aromatic rings. The molecule has 0 aromatic heterocycles. The SMILES string of the molecule is O=C(CCOCCOCCOCCO)NCCCOCCOCCOCCCNC(=O)C(CS(=O)(=O)O)NC(=O)COC1Cc2ccccc2C#Cc2ccccc21. The van der Waals surface area contributed by atoms with E-state index in [1.54, 1.807) is 0 Å². The van der Waals surface area contributed by atoms with Crippen LogP contribution in [0.25, 0.3) is 0 Å². The van der Waals surface area contributed by atoms with Crippen LogP contribution < -0.4 is 16.0 Å². The van der Waals surface area contributed by atoms with Crippen molar-refractivity contribution < 1.29 is 65.6 Å². The molecule has 1 aliphatic carbocycles. The van der Waals surface area contributed by atoms with Gasteiger partial charge in [0.05, 0.1) is 78.8 Å². The Bertz CT molecular complexity index is 1680. The van der Waals surface area contributed by atoms with E-state index in [1.165, 1.54) is 0 Å². The van der Waals surface area contributed by atoms with Gasteiger partial charge in [-0.05, 0) is 36.1 Å². The molecule has 0 saturated heterocycles. The summed E-state index contributed by atoms with van der Waals surface area (Å²) in [7, 11) is -4.61. The molecule has 322 valence electrons. The zero-order valence-corrected chi connectivity index (χ0v) is 33.6. The third kappa shape index (κ3) is 21.7. The highest BCUT2D eigenvalue weighted by molar-refractivity contribution is 7.85. The van der Waals surface area contributed by atoms with Crippen molar-refractivity contribution in [1.82, 2.24) is 16.0 Å². The molecule has 2 atom stereocenters. The third-order valence-corrected chi connectivity index (χ3v) is 9.01. The highest BCUT2D eigenvalue weighted by atomic mass is 32.2. The van der Waals surface area contributed by atoms with E-state index >= 15 is 0 Å². The Balaban J connectivity index is 1.19. The number of benzene rings is 2. The quantitative estimate of drug-likeness (QED) is 0.0386. The number of aliphatic hydroxyl groups excluding tert-OH is 1. The Morgan fingerprint density at radius 3 is 1.86 bits per heavy atom. The molecule has 1 aliphatic rings. The summed E-state index contributed by atoms with van der Waals surface area (Å²) in [5.74, 6) is 3.73. The van der Waals surface area contributed by atoms with Gasteiger partial charge >= 0.3 is 0 Å². The summed E-state index contributed by atoms with van der Waals surface area (Å²) in [4.78, 5) is 37.6. The molecule has 5 N–H and O–H groups in total. The maximum Gasteiger partial charge on any atom is 0.267 e. The van der Waals surface area contributed by atoms with Crippen LogP contribution in [-0.2, 0) is 64.1 Å². The number of amides is 3. The predicted molar refractivity (Wildman–Crippen MR) is 211 cm³/mol. The Morgan fingerprint density at radius 1 is 0.690 bits per heavy atom. The molecule has 58 heavy (non-hydrogen) atoms. The minimum absolute atomic E-state index is 0.0184. The lowest BCUT2D eigenvalue weighted by molar-refractivity contribution is -0.132. The van der Waals surface area contributed by atoms with Crippen molar-refractivity contribution in [2.24, 2.45) is 0 Å². The normalized spacial score (nSPS) is 13.9. The van der Waals surface area contributed by atoms with Gasteiger partial charge in [-0.1, -0.05) is 48.2 Å². The number of rotatable bonds is 32. The number of carbonyl (C=O) groups excluding carboxylic acids is 3. The number of hydrogen-bond acceptors (Lipinski definition) is 13. The van der Waals surface area contributed by atoms with E-state index in [9.17, 15) is 27.4 Å². The maximum absolute atomic E-state index is 12.9. The molecule has 18 heteroatoms. The van der Waals surface area contributed by atoms with Crippen LogP contribution in [0, 0.1) is 11.8 Å². The van der Waals surface area contributed by atoms with Crippen molar-refractivity contribution in [3.05, 3.63) is 70.8 Å². The summed E-state index contributed by atoms with van der Waals surface area (Å²) in [6.07, 6.45) is 1.22. The molecule has 0 radical (unpaired) electrons. The first kappa shape index (κ1) is 48.4. The number of carbonyl (C=O) groups is 3. The minimum atomic E-state index is -4.61. The number of hydrogen-bond donors (Lipinski definition) is 5. The van der Waals surface area contributed by atoms with E-state index in [2.05, 4.69) is 27.8 Å². The van der Waals surface area contributed by atoms with E-state index in [0.29, 0.717) is 91.9 Å². The second kappa shape index (κ2) is 29.2. The Kier molecular flexibility index (Phi) is 24.4. The summed E-state index contributed by atoms with van der Waals surface area (Å²) in [6.45, 7) is 4.47. The average molecular weight is 836 g/mol. The van der Waals surface area contributed by atoms with E-state index in [1.807, 2.05) is 48.5 Å². The van der Waals surface area contributed by atoms with Gasteiger partial charge in [-0.15, -0.1) is 0 Å². The Morgan fingerprint density at radius 2 is 1.22 bits per heavy atom. The lowest BCUT2D eigenvalue weighted by Gasteiger charge is -2.23. The monoisotopic (exact) mass is 835 g/mol. The van der Waals surface area contributed by atoms with Crippen LogP contribution in [0.5, 0.6) is 0 Å². The number of aliphatic hydroxyl groups is 1. The standard InChI is InChI=1S/C40H57N3O14S/c44-16-20-54-24-28-56-27-23-53-19-13-38(45)41-14-5-17-51-21-25-55-26-22-52-18-6-15-42-40(47)36(31-58(48,49)50)43-39(46)30-57-37-29-34-9-2-1-7-32(34)11-12-33-8-3-4-10-35(33)37/h1-4,7-10,36-37,44H,5-6,13-31H2,(H,41,45)(H,42,47)(H,43,46)(H,48,49,50). The molecule has 3 rings (SSSR count). The summed E-state index contributed by atoms with van der Waals surface area (Å²) < 4.78 is 71.1. The van der Waals surface area contributed by atoms with Gasteiger partial charge in [-0.3, -0.25) is 18.9 Å². The molecule has 0 fully saturated rings. The highest BCUT2D eigenvalue weighted by Gasteiger charge is 2.27. The molecule has 0 bridgehead atoms. The van der Waals surface area contributed by atoms with Crippen LogP contribution in [0.4, 0.5) is 0 Å². The molecule has 17 nitrogen and oxygen atoms in total. The maximum atomic E-state index is 12.9. The Labute approximate surface area is 340 Å². The highest BCUT2D eigenvalue weighted by Crippen LogP contribution is 2.28. The zero-order chi connectivity index (χ0) is 41.7. The second-order valence-corrected chi connectivity index (χ2v) is 14.4. The number of nitrogens with one attached hydrogen (secondary N) is 3.